The standard InChI is InChI=1S/C29H28F2N2O2S/c1-3-26(34)22-15-24-25(16-23(22)31)33(29(32-24)19-7-5-8-20(30)14-19)21-9-4-6-18(12-21)13-27(35)28-11-10-17(2)36-28/h5,7-8,10-11,14-16,18,21H,3-4,6,9,12-13H2,1-2H3/t18-,21+/m1/s1. The number of carbonyl (C=O) groups excluding carboxylic acids is 2. The summed E-state index contributed by atoms with van der Waals surface area (Å²) in [6.07, 6.45) is 4.17. The number of ketones is 2. The van der Waals surface area contributed by atoms with Gasteiger partial charge in [0.1, 0.15) is 17.5 Å². The first-order valence-electron chi connectivity index (χ1n) is 12.4. The van der Waals surface area contributed by atoms with E-state index in [2.05, 4.69) is 0 Å². The lowest BCUT2D eigenvalue weighted by molar-refractivity contribution is 0.0944. The highest BCUT2D eigenvalue weighted by Crippen LogP contribution is 2.40. The van der Waals surface area contributed by atoms with E-state index >= 15 is 4.39 Å². The van der Waals surface area contributed by atoms with Crippen molar-refractivity contribution in [2.75, 3.05) is 0 Å². The lowest BCUT2D eigenvalue weighted by atomic mass is 9.82. The number of benzene rings is 2. The van der Waals surface area contributed by atoms with Crippen molar-refractivity contribution in [3.05, 3.63) is 75.5 Å². The SMILES string of the molecule is CCC(=O)c1cc2nc(-c3cccc(F)c3)n([C@H]3CCC[C@@H](CC(=O)c4ccc(C)s4)C3)c2cc1F. The van der Waals surface area contributed by atoms with Crippen molar-refractivity contribution in [3.63, 3.8) is 0 Å². The van der Waals surface area contributed by atoms with Gasteiger partial charge >= 0.3 is 0 Å². The van der Waals surface area contributed by atoms with Gasteiger partial charge in [0, 0.05) is 35.4 Å². The highest BCUT2D eigenvalue weighted by atomic mass is 32.1. The fraction of sp³-hybridized carbons (Fsp3) is 0.345. The van der Waals surface area contributed by atoms with Crippen LogP contribution >= 0.6 is 11.3 Å². The number of aryl methyl sites for hydroxylation is 1. The fourth-order valence-electron chi connectivity index (χ4n) is 5.35. The van der Waals surface area contributed by atoms with E-state index in [0.29, 0.717) is 28.8 Å². The van der Waals surface area contributed by atoms with Crippen molar-refractivity contribution in [1.29, 1.82) is 0 Å². The summed E-state index contributed by atoms with van der Waals surface area (Å²) in [7, 11) is 0. The molecule has 1 fully saturated rings. The molecule has 2 aromatic heterocycles. The molecule has 0 aliphatic heterocycles. The maximum absolute atomic E-state index is 15.1. The molecule has 2 atom stereocenters. The Hall–Kier alpha value is -3.19. The molecule has 1 aliphatic rings. The quantitative estimate of drug-likeness (QED) is 0.239. The molecule has 2 aromatic carbocycles. The molecule has 4 nitrogen and oxygen atoms in total. The lowest BCUT2D eigenvalue weighted by Crippen LogP contribution is -2.22. The highest BCUT2D eigenvalue weighted by Gasteiger charge is 2.29. The molecule has 36 heavy (non-hydrogen) atoms. The van der Waals surface area contributed by atoms with E-state index in [-0.39, 0.29) is 41.3 Å². The van der Waals surface area contributed by atoms with Crippen LogP contribution in [-0.2, 0) is 0 Å². The Morgan fingerprint density at radius 2 is 1.92 bits per heavy atom. The summed E-state index contributed by atoms with van der Waals surface area (Å²) in [6.45, 7) is 3.69. The lowest BCUT2D eigenvalue weighted by Gasteiger charge is -2.31. The predicted octanol–water partition coefficient (Wildman–Crippen LogP) is 7.95. The second-order valence-corrected chi connectivity index (χ2v) is 10.9. The second kappa shape index (κ2) is 10.1. The van der Waals surface area contributed by atoms with Gasteiger partial charge in [0.05, 0.1) is 21.5 Å². The van der Waals surface area contributed by atoms with Crippen LogP contribution in [-0.4, -0.2) is 21.1 Å². The number of halogens is 2. The van der Waals surface area contributed by atoms with Crippen LogP contribution in [0.2, 0.25) is 0 Å². The van der Waals surface area contributed by atoms with Crippen molar-refractivity contribution in [1.82, 2.24) is 9.55 Å². The second-order valence-electron chi connectivity index (χ2n) is 9.64. The van der Waals surface area contributed by atoms with Crippen LogP contribution in [0.15, 0.2) is 48.5 Å². The van der Waals surface area contributed by atoms with Crippen molar-refractivity contribution < 1.29 is 18.4 Å². The number of fused-ring (bicyclic) bond motifs is 1. The Morgan fingerprint density at radius 3 is 2.64 bits per heavy atom. The minimum atomic E-state index is -0.572. The molecule has 0 radical (unpaired) electrons. The highest BCUT2D eigenvalue weighted by molar-refractivity contribution is 7.14. The van der Waals surface area contributed by atoms with Crippen LogP contribution in [0.1, 0.15) is 76.4 Å². The molecule has 0 unspecified atom stereocenters. The van der Waals surface area contributed by atoms with E-state index in [0.717, 1.165) is 35.4 Å². The smallest absolute Gasteiger partial charge is 0.173 e. The number of Topliss-reactive ketones (excluding diaryl/α,β-unsaturated/α-hetero) is 2. The van der Waals surface area contributed by atoms with Gasteiger partial charge in [0.25, 0.3) is 0 Å². The first-order valence-corrected chi connectivity index (χ1v) is 13.3. The third-order valence-corrected chi connectivity index (χ3v) is 8.13. The van der Waals surface area contributed by atoms with Crippen LogP contribution in [0.4, 0.5) is 8.78 Å². The summed E-state index contributed by atoms with van der Waals surface area (Å²) in [5, 5.41) is 0. The van der Waals surface area contributed by atoms with Crippen LogP contribution in [0.25, 0.3) is 22.4 Å². The van der Waals surface area contributed by atoms with E-state index in [1.54, 1.807) is 19.1 Å². The first kappa shape index (κ1) is 24.5. The molecule has 0 bridgehead atoms. The Kier molecular flexibility index (Phi) is 6.84. The van der Waals surface area contributed by atoms with E-state index in [1.807, 2.05) is 23.6 Å². The molecule has 7 heteroatoms. The number of nitrogens with zero attached hydrogens (tertiary/aromatic N) is 2. The van der Waals surface area contributed by atoms with Crippen LogP contribution in [0.5, 0.6) is 0 Å². The molecular formula is C29H28F2N2O2S. The maximum atomic E-state index is 15.1. The Morgan fingerprint density at radius 1 is 1.08 bits per heavy atom. The summed E-state index contributed by atoms with van der Waals surface area (Å²) >= 11 is 1.52. The van der Waals surface area contributed by atoms with E-state index in [9.17, 15) is 14.0 Å². The van der Waals surface area contributed by atoms with Gasteiger partial charge < -0.3 is 4.57 Å². The molecular weight excluding hydrogens is 478 g/mol. The summed E-state index contributed by atoms with van der Waals surface area (Å²) in [4.78, 5) is 31.9. The zero-order valence-electron chi connectivity index (χ0n) is 20.4. The molecule has 1 saturated carbocycles. The van der Waals surface area contributed by atoms with Crippen molar-refractivity contribution in [2.45, 2.75) is 58.4 Å². The topological polar surface area (TPSA) is 52.0 Å². The number of hydrogen-bond donors (Lipinski definition) is 0. The third kappa shape index (κ3) is 4.76. The number of thiophene rings is 1. The van der Waals surface area contributed by atoms with E-state index < -0.39 is 5.82 Å². The maximum Gasteiger partial charge on any atom is 0.173 e. The molecule has 2 heterocycles. The minimum Gasteiger partial charge on any atom is -0.321 e. The van der Waals surface area contributed by atoms with Crippen LogP contribution in [0.3, 0.4) is 0 Å². The zero-order chi connectivity index (χ0) is 25.4. The molecule has 0 N–H and O–H groups in total. The summed E-state index contributed by atoms with van der Waals surface area (Å²) in [5.74, 6) is -0.322. The zero-order valence-corrected chi connectivity index (χ0v) is 21.2. The van der Waals surface area contributed by atoms with Crippen LogP contribution in [0, 0.1) is 24.5 Å². The van der Waals surface area contributed by atoms with Gasteiger partial charge in [-0.25, -0.2) is 13.8 Å². The van der Waals surface area contributed by atoms with Gasteiger partial charge in [0.15, 0.2) is 11.6 Å². The van der Waals surface area contributed by atoms with E-state index in [4.69, 9.17) is 4.98 Å². The Bertz CT molecular complexity index is 1460. The Balaban J connectivity index is 1.54. The van der Waals surface area contributed by atoms with Gasteiger partial charge in [-0.05, 0) is 62.4 Å². The number of rotatable bonds is 7. The van der Waals surface area contributed by atoms with Gasteiger partial charge in [-0.15, -0.1) is 11.3 Å². The molecule has 5 rings (SSSR count). The summed E-state index contributed by atoms with van der Waals surface area (Å²) in [5.41, 5.74) is 1.73. The first-order chi connectivity index (χ1) is 17.3. The number of carbonyl (C=O) groups is 2. The molecule has 0 amide bonds. The van der Waals surface area contributed by atoms with Crippen molar-refractivity contribution in [2.24, 2.45) is 5.92 Å². The molecule has 186 valence electrons. The summed E-state index contributed by atoms with van der Waals surface area (Å²) < 4.78 is 31.2. The van der Waals surface area contributed by atoms with Crippen molar-refractivity contribution >= 4 is 33.9 Å². The molecule has 4 aromatic rings. The average Bonchev–Trinajstić information content (AvgIpc) is 3.46. The average molecular weight is 507 g/mol. The van der Waals surface area contributed by atoms with E-state index in [1.165, 1.54) is 35.6 Å². The predicted molar refractivity (Wildman–Crippen MR) is 139 cm³/mol. The fourth-order valence-corrected chi connectivity index (χ4v) is 6.17. The molecule has 0 spiro atoms. The molecule has 0 saturated heterocycles. The number of hydrogen-bond acceptors (Lipinski definition) is 4. The van der Waals surface area contributed by atoms with Crippen molar-refractivity contribution in [3.8, 4) is 11.4 Å². The summed E-state index contributed by atoms with van der Waals surface area (Å²) in [6, 6.07) is 13.0. The number of imidazole rings is 1. The monoisotopic (exact) mass is 506 g/mol. The normalized spacial score (nSPS) is 18.0. The van der Waals surface area contributed by atoms with Gasteiger partial charge in [-0.3, -0.25) is 9.59 Å². The van der Waals surface area contributed by atoms with Gasteiger partial charge in [-0.2, -0.15) is 0 Å². The van der Waals surface area contributed by atoms with Crippen LogP contribution < -0.4 is 0 Å². The third-order valence-electron chi connectivity index (χ3n) is 7.09. The minimum absolute atomic E-state index is 0.0167. The number of aromatic nitrogens is 2. The molecule has 1 aliphatic carbocycles. The largest absolute Gasteiger partial charge is 0.321 e. The van der Waals surface area contributed by atoms with Gasteiger partial charge in [-0.1, -0.05) is 25.5 Å². The van der Waals surface area contributed by atoms with Gasteiger partial charge in [0.2, 0.25) is 0 Å². The Labute approximate surface area is 213 Å².